The van der Waals surface area contributed by atoms with Crippen LogP contribution < -0.4 is 5.73 Å². The lowest BCUT2D eigenvalue weighted by Gasteiger charge is -1.98. The van der Waals surface area contributed by atoms with Crippen LogP contribution in [0.25, 0.3) is 10.2 Å². The second kappa shape index (κ2) is 5.71. The van der Waals surface area contributed by atoms with Gasteiger partial charge in [-0.1, -0.05) is 23.9 Å². The maximum Gasteiger partial charge on any atom is 0.269 e. The Labute approximate surface area is 129 Å². The molecule has 0 spiro atoms. The van der Waals surface area contributed by atoms with E-state index in [1.54, 1.807) is 35.2 Å². The molecular weight excluding hydrogens is 306 g/mol. The number of nitro groups is 1. The van der Waals surface area contributed by atoms with Crippen molar-refractivity contribution in [3.05, 3.63) is 58.1 Å². The molecule has 2 aromatic carbocycles. The molecule has 21 heavy (non-hydrogen) atoms. The van der Waals surface area contributed by atoms with E-state index in [0.29, 0.717) is 5.75 Å². The second-order valence-corrected chi connectivity index (χ2v) is 6.68. The molecule has 2 N–H and O–H groups in total. The number of thioether (sulfide) groups is 1. The second-order valence-electron chi connectivity index (χ2n) is 4.42. The van der Waals surface area contributed by atoms with Gasteiger partial charge in [0, 0.05) is 23.6 Å². The molecule has 3 rings (SSSR count). The average Bonchev–Trinajstić information content (AvgIpc) is 2.87. The summed E-state index contributed by atoms with van der Waals surface area (Å²) in [6.45, 7) is 0. The molecule has 1 aromatic heterocycles. The molecule has 1 heterocycles. The van der Waals surface area contributed by atoms with Crippen LogP contribution in [0.4, 0.5) is 11.4 Å². The van der Waals surface area contributed by atoms with Gasteiger partial charge in [0.25, 0.3) is 5.69 Å². The van der Waals surface area contributed by atoms with Gasteiger partial charge >= 0.3 is 0 Å². The van der Waals surface area contributed by atoms with Crippen LogP contribution in [-0.2, 0) is 5.75 Å². The largest absolute Gasteiger partial charge is 0.399 e. The number of nitrogens with two attached hydrogens (primary N) is 1. The Kier molecular flexibility index (Phi) is 3.76. The molecule has 0 atom stereocenters. The molecule has 106 valence electrons. The zero-order valence-electron chi connectivity index (χ0n) is 10.9. The molecule has 0 amide bonds. The lowest BCUT2D eigenvalue weighted by atomic mass is 10.2. The summed E-state index contributed by atoms with van der Waals surface area (Å²) in [4.78, 5) is 14.9. The molecule has 5 nitrogen and oxygen atoms in total. The van der Waals surface area contributed by atoms with Crippen LogP contribution in [0.15, 0.2) is 46.8 Å². The molecule has 0 saturated heterocycles. The summed E-state index contributed by atoms with van der Waals surface area (Å²) in [6.07, 6.45) is 0. The van der Waals surface area contributed by atoms with Crippen LogP contribution in [0, 0.1) is 10.1 Å². The van der Waals surface area contributed by atoms with Gasteiger partial charge in [0.15, 0.2) is 4.34 Å². The van der Waals surface area contributed by atoms with Crippen molar-refractivity contribution < 1.29 is 4.92 Å². The summed E-state index contributed by atoms with van der Waals surface area (Å²) < 4.78 is 1.98. The van der Waals surface area contributed by atoms with E-state index >= 15 is 0 Å². The summed E-state index contributed by atoms with van der Waals surface area (Å²) in [5.74, 6) is 0.650. The molecular formula is C14H11N3O2S2. The number of rotatable bonds is 4. The van der Waals surface area contributed by atoms with E-state index in [0.717, 1.165) is 25.8 Å². The highest BCUT2D eigenvalue weighted by atomic mass is 32.2. The van der Waals surface area contributed by atoms with Gasteiger partial charge in [-0.25, -0.2) is 4.98 Å². The van der Waals surface area contributed by atoms with Gasteiger partial charge < -0.3 is 5.73 Å². The smallest absolute Gasteiger partial charge is 0.269 e. The number of thiazole rings is 1. The molecule has 0 radical (unpaired) electrons. The molecule has 0 fully saturated rings. The van der Waals surface area contributed by atoms with E-state index < -0.39 is 0 Å². The quantitative estimate of drug-likeness (QED) is 0.339. The Morgan fingerprint density at radius 1 is 1.29 bits per heavy atom. The Bertz CT molecular complexity index is 817. The number of aromatic nitrogens is 1. The van der Waals surface area contributed by atoms with Crippen molar-refractivity contribution in [3.63, 3.8) is 0 Å². The summed E-state index contributed by atoms with van der Waals surface area (Å²) in [6, 6.07) is 12.3. The van der Waals surface area contributed by atoms with E-state index in [1.165, 1.54) is 6.07 Å². The summed E-state index contributed by atoms with van der Waals surface area (Å²) in [5.41, 5.74) is 8.43. The molecule has 3 aromatic rings. The molecule has 0 aliphatic heterocycles. The van der Waals surface area contributed by atoms with Crippen molar-refractivity contribution >= 4 is 44.7 Å². The number of nitrogen functional groups attached to an aromatic ring is 1. The van der Waals surface area contributed by atoms with Crippen LogP contribution in [0.5, 0.6) is 0 Å². The van der Waals surface area contributed by atoms with Gasteiger partial charge in [0.2, 0.25) is 0 Å². The number of hydrogen-bond acceptors (Lipinski definition) is 6. The fourth-order valence-electron chi connectivity index (χ4n) is 1.89. The number of anilines is 1. The Morgan fingerprint density at radius 2 is 2.14 bits per heavy atom. The van der Waals surface area contributed by atoms with Gasteiger partial charge in [-0.3, -0.25) is 10.1 Å². The molecule has 0 aliphatic rings. The first-order valence-electron chi connectivity index (χ1n) is 6.14. The SMILES string of the molecule is Nc1ccc2nc(SCc3cccc([N+](=O)[O-])c3)sc2c1. The highest BCUT2D eigenvalue weighted by molar-refractivity contribution is 8.00. The minimum atomic E-state index is -0.380. The van der Waals surface area contributed by atoms with E-state index in [-0.39, 0.29) is 10.6 Å². The maximum absolute atomic E-state index is 10.8. The van der Waals surface area contributed by atoms with Crippen molar-refractivity contribution in [1.82, 2.24) is 4.98 Å². The lowest BCUT2D eigenvalue weighted by molar-refractivity contribution is -0.384. The summed E-state index contributed by atoms with van der Waals surface area (Å²) in [7, 11) is 0. The van der Waals surface area contributed by atoms with E-state index in [2.05, 4.69) is 4.98 Å². The predicted molar refractivity (Wildman–Crippen MR) is 86.7 cm³/mol. The number of benzene rings is 2. The van der Waals surface area contributed by atoms with Crippen LogP contribution in [0.2, 0.25) is 0 Å². The van der Waals surface area contributed by atoms with Gasteiger partial charge in [-0.2, -0.15) is 0 Å². The van der Waals surface area contributed by atoms with Gasteiger partial charge in [0.1, 0.15) is 0 Å². The Hall–Kier alpha value is -2.12. The minimum Gasteiger partial charge on any atom is -0.399 e. The fraction of sp³-hybridized carbons (Fsp3) is 0.0714. The zero-order valence-corrected chi connectivity index (χ0v) is 12.5. The van der Waals surface area contributed by atoms with Crippen LogP contribution >= 0.6 is 23.1 Å². The third-order valence-electron chi connectivity index (χ3n) is 2.88. The third kappa shape index (κ3) is 3.14. The highest BCUT2D eigenvalue weighted by Crippen LogP contribution is 2.32. The normalized spacial score (nSPS) is 10.9. The molecule has 0 unspecified atom stereocenters. The van der Waals surface area contributed by atoms with Crippen LogP contribution in [0.3, 0.4) is 0 Å². The minimum absolute atomic E-state index is 0.116. The summed E-state index contributed by atoms with van der Waals surface area (Å²) >= 11 is 3.15. The van der Waals surface area contributed by atoms with E-state index in [9.17, 15) is 10.1 Å². The number of hydrogen-bond donors (Lipinski definition) is 1. The molecule has 0 aliphatic carbocycles. The first-order chi connectivity index (χ1) is 10.1. The van der Waals surface area contributed by atoms with E-state index in [4.69, 9.17) is 5.73 Å². The average molecular weight is 317 g/mol. The standard InChI is InChI=1S/C14H11N3O2S2/c15-10-4-5-12-13(7-10)21-14(16-12)20-8-9-2-1-3-11(6-9)17(18)19/h1-7H,8,15H2. The number of nitrogens with zero attached hydrogens (tertiary/aromatic N) is 2. The first-order valence-corrected chi connectivity index (χ1v) is 7.94. The van der Waals surface area contributed by atoms with Crippen molar-refractivity contribution in [2.75, 3.05) is 5.73 Å². The van der Waals surface area contributed by atoms with Gasteiger partial charge in [-0.15, -0.1) is 11.3 Å². The monoisotopic (exact) mass is 317 g/mol. The zero-order chi connectivity index (χ0) is 14.8. The van der Waals surface area contributed by atoms with Crippen LogP contribution in [0.1, 0.15) is 5.56 Å². The van der Waals surface area contributed by atoms with Crippen molar-refractivity contribution in [2.24, 2.45) is 0 Å². The predicted octanol–water partition coefficient (Wildman–Crippen LogP) is 4.08. The topological polar surface area (TPSA) is 82.0 Å². The van der Waals surface area contributed by atoms with Crippen molar-refractivity contribution in [2.45, 2.75) is 10.1 Å². The fourth-order valence-corrected chi connectivity index (χ4v) is 3.95. The van der Waals surface area contributed by atoms with Crippen molar-refractivity contribution in [3.8, 4) is 0 Å². The lowest BCUT2D eigenvalue weighted by Crippen LogP contribution is -1.89. The molecule has 0 bridgehead atoms. The highest BCUT2D eigenvalue weighted by Gasteiger charge is 2.08. The number of fused-ring (bicyclic) bond motifs is 1. The van der Waals surface area contributed by atoms with Crippen molar-refractivity contribution in [1.29, 1.82) is 0 Å². The summed E-state index contributed by atoms with van der Waals surface area (Å²) in [5, 5.41) is 10.8. The van der Waals surface area contributed by atoms with Crippen LogP contribution in [-0.4, -0.2) is 9.91 Å². The Morgan fingerprint density at radius 3 is 2.95 bits per heavy atom. The van der Waals surface area contributed by atoms with Gasteiger partial charge in [0.05, 0.1) is 15.1 Å². The molecule has 7 heteroatoms. The number of non-ortho nitro benzene ring substituents is 1. The maximum atomic E-state index is 10.8. The first kappa shape index (κ1) is 13.8. The Balaban J connectivity index is 1.77. The number of nitro benzene ring substituents is 1. The third-order valence-corrected chi connectivity index (χ3v) is 5.11. The molecule has 0 saturated carbocycles. The van der Waals surface area contributed by atoms with E-state index in [1.807, 2.05) is 24.3 Å². The van der Waals surface area contributed by atoms with Gasteiger partial charge in [-0.05, 0) is 23.8 Å².